The van der Waals surface area contributed by atoms with Crippen LogP contribution in [0.3, 0.4) is 0 Å². The molecule has 198 valence electrons. The third-order valence-electron chi connectivity index (χ3n) is 3.04. The molecule has 0 aliphatic carbocycles. The quantitative estimate of drug-likeness (QED) is 0.322. The molecule has 31 heavy (non-hydrogen) atoms. The standard InChI is InChI=1S/2C5H12O.3C4H10O.C3H8O/c1-4-5(2,3)6;1-3-4-5(2)6;1-4(2)3-5;1-3-4(2)5;1-2-3-4-5;1-3(2)4/h6H,4H2,1-3H3;5-6H,3-4H2,1-2H3;2*4-5H,3H2,1-2H3;5H,2-4H2,1H3;3-4H,1-2H3. The first-order valence-electron chi connectivity index (χ1n) is 12.0. The molecular formula is C25H62O6. The van der Waals surface area contributed by atoms with Gasteiger partial charge in [-0.3, -0.25) is 0 Å². The number of unbranched alkanes of at least 4 members (excludes halogenated alkanes) is 1. The number of hydrogen-bond acceptors (Lipinski definition) is 6. The highest BCUT2D eigenvalue weighted by molar-refractivity contribution is 4.59. The minimum Gasteiger partial charge on any atom is -0.396 e. The van der Waals surface area contributed by atoms with Crippen molar-refractivity contribution in [1.29, 1.82) is 0 Å². The molecule has 0 aromatic carbocycles. The Kier molecular flexibility index (Phi) is 53.2. The molecule has 0 aliphatic rings. The van der Waals surface area contributed by atoms with Crippen LogP contribution in [0.5, 0.6) is 0 Å². The summed E-state index contributed by atoms with van der Waals surface area (Å²) in [4.78, 5) is 0. The Bertz CT molecular complexity index is 236. The maximum absolute atomic E-state index is 8.83. The van der Waals surface area contributed by atoms with Crippen molar-refractivity contribution in [1.82, 2.24) is 0 Å². The Hall–Kier alpha value is -0.240. The molecule has 2 atom stereocenters. The van der Waals surface area contributed by atoms with Crippen molar-refractivity contribution >= 4 is 0 Å². The topological polar surface area (TPSA) is 121 Å². The monoisotopic (exact) mass is 458 g/mol. The molecule has 0 aliphatic heterocycles. The molecule has 6 nitrogen and oxygen atoms in total. The lowest BCUT2D eigenvalue weighted by atomic mass is 10.1. The zero-order valence-electron chi connectivity index (χ0n) is 23.1. The number of hydrogen-bond donors (Lipinski definition) is 6. The number of aliphatic hydroxyl groups is 6. The van der Waals surface area contributed by atoms with Gasteiger partial charge in [-0.2, -0.15) is 0 Å². The minimum absolute atomic E-state index is 0.102. The summed E-state index contributed by atoms with van der Waals surface area (Å²) in [5, 5.41) is 50.0. The molecule has 0 aromatic rings. The molecular weight excluding hydrogens is 396 g/mol. The normalized spacial score (nSPS) is 11.6. The smallest absolute Gasteiger partial charge is 0.0589 e. The van der Waals surface area contributed by atoms with Gasteiger partial charge in [-0.25, -0.2) is 0 Å². The molecule has 0 saturated heterocycles. The van der Waals surface area contributed by atoms with E-state index >= 15 is 0 Å². The van der Waals surface area contributed by atoms with Crippen LogP contribution in [0.4, 0.5) is 0 Å². The van der Waals surface area contributed by atoms with Gasteiger partial charge in [0.2, 0.25) is 0 Å². The molecule has 0 radical (unpaired) electrons. The summed E-state index contributed by atoms with van der Waals surface area (Å²) < 4.78 is 0. The summed E-state index contributed by atoms with van der Waals surface area (Å²) >= 11 is 0. The summed E-state index contributed by atoms with van der Waals surface area (Å²) in [7, 11) is 0. The van der Waals surface area contributed by atoms with Crippen LogP contribution in [-0.2, 0) is 0 Å². The molecule has 0 bridgehead atoms. The van der Waals surface area contributed by atoms with Crippen molar-refractivity contribution in [2.24, 2.45) is 5.92 Å². The maximum atomic E-state index is 8.83. The van der Waals surface area contributed by atoms with Crippen molar-refractivity contribution < 1.29 is 30.6 Å². The zero-order chi connectivity index (χ0) is 26.5. The van der Waals surface area contributed by atoms with Crippen LogP contribution in [0.1, 0.15) is 122 Å². The first-order chi connectivity index (χ1) is 14.0. The zero-order valence-corrected chi connectivity index (χ0v) is 23.1. The molecule has 0 rings (SSSR count). The second-order valence-electron chi connectivity index (χ2n) is 8.81. The van der Waals surface area contributed by atoms with E-state index in [0.29, 0.717) is 19.1 Å². The van der Waals surface area contributed by atoms with Crippen LogP contribution in [0, 0.1) is 5.92 Å². The van der Waals surface area contributed by atoms with Gasteiger partial charge in [-0.1, -0.05) is 54.4 Å². The largest absolute Gasteiger partial charge is 0.396 e. The van der Waals surface area contributed by atoms with E-state index in [2.05, 4.69) is 13.8 Å². The molecule has 0 amide bonds. The van der Waals surface area contributed by atoms with Gasteiger partial charge in [0.1, 0.15) is 0 Å². The Morgan fingerprint density at radius 1 is 0.710 bits per heavy atom. The first kappa shape index (κ1) is 44.4. The Labute approximate surface area is 195 Å². The van der Waals surface area contributed by atoms with E-state index in [1.54, 1.807) is 34.6 Å². The number of aliphatic hydroxyl groups excluding tert-OH is 5. The van der Waals surface area contributed by atoms with Gasteiger partial charge in [0.25, 0.3) is 0 Å². The van der Waals surface area contributed by atoms with Gasteiger partial charge in [-0.15, -0.1) is 0 Å². The summed E-state index contributed by atoms with van der Waals surface area (Å²) in [6, 6.07) is 0. The Morgan fingerprint density at radius 3 is 1.00 bits per heavy atom. The van der Waals surface area contributed by atoms with E-state index in [4.69, 9.17) is 30.6 Å². The van der Waals surface area contributed by atoms with Crippen molar-refractivity contribution in [2.75, 3.05) is 13.2 Å². The van der Waals surface area contributed by atoms with Crippen LogP contribution in [0.15, 0.2) is 0 Å². The fourth-order valence-electron chi connectivity index (χ4n) is 0.576. The summed E-state index contributed by atoms with van der Waals surface area (Å²) in [5.41, 5.74) is -0.458. The summed E-state index contributed by atoms with van der Waals surface area (Å²) in [5.74, 6) is 0.440. The molecule has 0 spiro atoms. The first-order valence-corrected chi connectivity index (χ1v) is 12.0. The average molecular weight is 459 g/mol. The van der Waals surface area contributed by atoms with Crippen molar-refractivity contribution in [3.05, 3.63) is 0 Å². The molecule has 0 aromatic heterocycles. The summed E-state index contributed by atoms with van der Waals surface area (Å²) in [6.45, 7) is 23.2. The van der Waals surface area contributed by atoms with Gasteiger partial charge in [0, 0.05) is 19.3 Å². The summed E-state index contributed by atoms with van der Waals surface area (Å²) in [6.07, 6.45) is 5.35. The molecule has 0 heterocycles. The second-order valence-corrected chi connectivity index (χ2v) is 8.81. The van der Waals surface area contributed by atoms with Gasteiger partial charge >= 0.3 is 0 Å². The van der Waals surface area contributed by atoms with Crippen LogP contribution in [0.2, 0.25) is 0 Å². The van der Waals surface area contributed by atoms with Crippen LogP contribution < -0.4 is 0 Å². The third kappa shape index (κ3) is 166. The molecule has 0 fully saturated rings. The second kappa shape index (κ2) is 37.1. The molecule has 2 unspecified atom stereocenters. The van der Waals surface area contributed by atoms with E-state index < -0.39 is 5.60 Å². The average Bonchev–Trinajstić information content (AvgIpc) is 2.63. The van der Waals surface area contributed by atoms with Gasteiger partial charge < -0.3 is 30.6 Å². The number of rotatable bonds is 7. The minimum atomic E-state index is -0.458. The fourth-order valence-corrected chi connectivity index (χ4v) is 0.576. The van der Waals surface area contributed by atoms with Gasteiger partial charge in [0.05, 0.1) is 17.8 Å². The van der Waals surface area contributed by atoms with Gasteiger partial charge in [-0.05, 0) is 73.1 Å². The fraction of sp³-hybridized carbons (Fsp3) is 1.00. The maximum Gasteiger partial charge on any atom is 0.0589 e. The van der Waals surface area contributed by atoms with E-state index in [1.165, 1.54) is 0 Å². The van der Waals surface area contributed by atoms with E-state index in [1.807, 2.05) is 34.6 Å². The molecule has 6 heteroatoms. The Balaban J connectivity index is -0.0000000608. The van der Waals surface area contributed by atoms with E-state index in [-0.39, 0.29) is 18.3 Å². The predicted octanol–water partition coefficient (Wildman–Crippen LogP) is 4.91. The highest BCUT2D eigenvalue weighted by atomic mass is 16.3. The highest BCUT2D eigenvalue weighted by Crippen LogP contribution is 2.03. The molecule has 6 N–H and O–H groups in total. The lowest BCUT2D eigenvalue weighted by Crippen LogP contribution is -2.15. The lowest BCUT2D eigenvalue weighted by Gasteiger charge is -2.11. The third-order valence-corrected chi connectivity index (χ3v) is 3.04. The van der Waals surface area contributed by atoms with Crippen molar-refractivity contribution in [3.8, 4) is 0 Å². The molecule has 0 saturated carbocycles. The van der Waals surface area contributed by atoms with Crippen LogP contribution >= 0.6 is 0 Å². The van der Waals surface area contributed by atoms with Gasteiger partial charge in [0.15, 0.2) is 0 Å². The Morgan fingerprint density at radius 2 is 1.00 bits per heavy atom. The van der Waals surface area contributed by atoms with Crippen LogP contribution in [-0.4, -0.2) is 67.8 Å². The predicted molar refractivity (Wildman–Crippen MR) is 136 cm³/mol. The van der Waals surface area contributed by atoms with E-state index in [0.717, 1.165) is 38.5 Å². The van der Waals surface area contributed by atoms with E-state index in [9.17, 15) is 0 Å². The van der Waals surface area contributed by atoms with Crippen molar-refractivity contribution in [3.63, 3.8) is 0 Å². The lowest BCUT2D eigenvalue weighted by molar-refractivity contribution is 0.0765. The van der Waals surface area contributed by atoms with Crippen LogP contribution in [0.25, 0.3) is 0 Å². The van der Waals surface area contributed by atoms with Crippen molar-refractivity contribution in [2.45, 2.75) is 146 Å². The SMILES string of the molecule is CC(C)CO.CC(C)O.CCC(C)(C)O.CCC(C)O.CCCC(C)O.CCCCO. The highest BCUT2D eigenvalue weighted by Gasteiger charge is 2.05.